The van der Waals surface area contributed by atoms with E-state index >= 15 is 0 Å². The monoisotopic (exact) mass is 171 g/mol. The average molecular weight is 171 g/mol. The second kappa shape index (κ2) is 3.31. The van der Waals surface area contributed by atoms with Crippen molar-refractivity contribution in [3.05, 3.63) is 42.7 Å². The number of nitrogens with zero attached hydrogens (tertiary/aromatic N) is 3. The Morgan fingerprint density at radius 3 is 2.54 bits per heavy atom. The van der Waals surface area contributed by atoms with Crippen molar-refractivity contribution in [3.63, 3.8) is 0 Å². The third-order valence-electron chi connectivity index (χ3n) is 1.90. The van der Waals surface area contributed by atoms with Gasteiger partial charge in [0.1, 0.15) is 6.33 Å². The van der Waals surface area contributed by atoms with Crippen molar-refractivity contribution in [1.82, 2.24) is 15.0 Å². The van der Waals surface area contributed by atoms with Gasteiger partial charge in [0.05, 0.1) is 0 Å². The van der Waals surface area contributed by atoms with Crippen LogP contribution in [-0.2, 0) is 0 Å². The minimum atomic E-state index is 0.987. The molecule has 0 bridgehead atoms. The van der Waals surface area contributed by atoms with Gasteiger partial charge in [-0.2, -0.15) is 0 Å². The molecule has 2 rings (SSSR count). The lowest BCUT2D eigenvalue weighted by Crippen LogP contribution is -1.88. The molecule has 3 nitrogen and oxygen atoms in total. The molecule has 0 aliphatic rings. The van der Waals surface area contributed by atoms with Gasteiger partial charge in [-0.15, -0.1) is 0 Å². The summed E-state index contributed by atoms with van der Waals surface area (Å²) in [6.45, 7) is 1.97. The zero-order valence-corrected chi connectivity index (χ0v) is 7.31. The van der Waals surface area contributed by atoms with Gasteiger partial charge in [-0.3, -0.25) is 4.98 Å². The van der Waals surface area contributed by atoms with Crippen LogP contribution in [0.2, 0.25) is 0 Å². The predicted octanol–water partition coefficient (Wildman–Crippen LogP) is 1.85. The Balaban J connectivity index is 2.54. The smallest absolute Gasteiger partial charge is 0.115 e. The Labute approximate surface area is 76.5 Å². The molecule has 0 aliphatic heterocycles. The van der Waals surface area contributed by atoms with Crippen molar-refractivity contribution in [2.45, 2.75) is 6.92 Å². The van der Waals surface area contributed by atoms with Crippen molar-refractivity contribution >= 4 is 0 Å². The fourth-order valence-electron chi connectivity index (χ4n) is 1.21. The second-order valence-corrected chi connectivity index (χ2v) is 2.76. The number of hydrogen-bond donors (Lipinski definition) is 0. The first-order chi connectivity index (χ1) is 6.38. The zero-order chi connectivity index (χ0) is 9.10. The van der Waals surface area contributed by atoms with Crippen LogP contribution in [-0.4, -0.2) is 15.0 Å². The molecular formula is C10H9N3. The van der Waals surface area contributed by atoms with E-state index in [4.69, 9.17) is 0 Å². The van der Waals surface area contributed by atoms with E-state index in [-0.39, 0.29) is 0 Å². The van der Waals surface area contributed by atoms with E-state index in [1.165, 1.54) is 0 Å². The summed E-state index contributed by atoms with van der Waals surface area (Å²) in [4.78, 5) is 12.1. The SMILES string of the molecule is Cc1ncncc1-c1ccncc1. The number of aryl methyl sites for hydroxylation is 1. The van der Waals surface area contributed by atoms with Gasteiger partial charge in [-0.1, -0.05) is 0 Å². The standard InChI is InChI=1S/C10H9N3/c1-8-10(6-12-7-13-8)9-2-4-11-5-3-9/h2-7H,1H3. The van der Waals surface area contributed by atoms with Crippen molar-refractivity contribution < 1.29 is 0 Å². The highest BCUT2D eigenvalue weighted by atomic mass is 14.8. The normalized spacial score (nSPS) is 9.92. The van der Waals surface area contributed by atoms with E-state index in [1.54, 1.807) is 18.7 Å². The number of rotatable bonds is 1. The lowest BCUT2D eigenvalue weighted by Gasteiger charge is -2.02. The third-order valence-corrected chi connectivity index (χ3v) is 1.90. The maximum absolute atomic E-state index is 4.12. The molecule has 64 valence electrons. The molecule has 2 heterocycles. The van der Waals surface area contributed by atoms with Crippen LogP contribution in [0.4, 0.5) is 0 Å². The molecule has 2 aromatic heterocycles. The van der Waals surface area contributed by atoms with Gasteiger partial charge < -0.3 is 0 Å². The van der Waals surface area contributed by atoms with Gasteiger partial charge in [0.15, 0.2) is 0 Å². The average Bonchev–Trinajstić information content (AvgIpc) is 2.20. The minimum absolute atomic E-state index is 0.987. The molecule has 0 amide bonds. The predicted molar refractivity (Wildman–Crippen MR) is 50.0 cm³/mol. The molecule has 13 heavy (non-hydrogen) atoms. The van der Waals surface area contributed by atoms with Crippen molar-refractivity contribution in [2.75, 3.05) is 0 Å². The summed E-state index contributed by atoms with van der Waals surface area (Å²) in [6, 6.07) is 3.90. The van der Waals surface area contributed by atoms with Gasteiger partial charge in [0.2, 0.25) is 0 Å². The zero-order valence-electron chi connectivity index (χ0n) is 7.31. The lowest BCUT2D eigenvalue weighted by atomic mass is 10.1. The maximum Gasteiger partial charge on any atom is 0.115 e. The van der Waals surface area contributed by atoms with Gasteiger partial charge in [0.25, 0.3) is 0 Å². The summed E-state index contributed by atoms with van der Waals surface area (Å²) in [5.74, 6) is 0. The van der Waals surface area contributed by atoms with E-state index in [2.05, 4.69) is 15.0 Å². The van der Waals surface area contributed by atoms with Crippen molar-refractivity contribution in [1.29, 1.82) is 0 Å². The molecule has 0 atom stereocenters. The Morgan fingerprint density at radius 2 is 1.85 bits per heavy atom. The highest BCUT2D eigenvalue weighted by molar-refractivity contribution is 5.63. The lowest BCUT2D eigenvalue weighted by molar-refractivity contribution is 1.10. The van der Waals surface area contributed by atoms with Crippen LogP contribution < -0.4 is 0 Å². The van der Waals surface area contributed by atoms with E-state index in [1.807, 2.05) is 25.3 Å². The quantitative estimate of drug-likeness (QED) is 0.657. The summed E-state index contributed by atoms with van der Waals surface area (Å²) in [6.07, 6.45) is 6.90. The van der Waals surface area contributed by atoms with Gasteiger partial charge in [-0.05, 0) is 24.6 Å². The van der Waals surface area contributed by atoms with Gasteiger partial charge in [0, 0.05) is 29.8 Å². The first-order valence-corrected chi connectivity index (χ1v) is 4.05. The van der Waals surface area contributed by atoms with Crippen LogP contribution in [0.5, 0.6) is 0 Å². The van der Waals surface area contributed by atoms with Crippen molar-refractivity contribution in [2.24, 2.45) is 0 Å². The highest BCUT2D eigenvalue weighted by Crippen LogP contribution is 2.18. The maximum atomic E-state index is 4.12. The third kappa shape index (κ3) is 1.54. The molecule has 0 fully saturated rings. The van der Waals surface area contributed by atoms with E-state index in [9.17, 15) is 0 Å². The van der Waals surface area contributed by atoms with Crippen LogP contribution in [0.15, 0.2) is 37.1 Å². The summed E-state index contributed by atoms with van der Waals surface area (Å²) in [5.41, 5.74) is 3.15. The van der Waals surface area contributed by atoms with Crippen LogP contribution in [0.25, 0.3) is 11.1 Å². The topological polar surface area (TPSA) is 38.7 Å². The summed E-state index contributed by atoms with van der Waals surface area (Å²) >= 11 is 0. The number of pyridine rings is 1. The van der Waals surface area contributed by atoms with Crippen molar-refractivity contribution in [3.8, 4) is 11.1 Å². The Morgan fingerprint density at radius 1 is 1.08 bits per heavy atom. The highest BCUT2D eigenvalue weighted by Gasteiger charge is 2.00. The molecule has 0 saturated carbocycles. The first-order valence-electron chi connectivity index (χ1n) is 4.05. The Hall–Kier alpha value is -1.77. The van der Waals surface area contributed by atoms with E-state index in [0.717, 1.165) is 16.8 Å². The summed E-state index contributed by atoms with van der Waals surface area (Å²) in [7, 11) is 0. The number of aromatic nitrogens is 3. The van der Waals surface area contributed by atoms with Gasteiger partial charge >= 0.3 is 0 Å². The van der Waals surface area contributed by atoms with Gasteiger partial charge in [-0.25, -0.2) is 9.97 Å². The summed E-state index contributed by atoms with van der Waals surface area (Å²) < 4.78 is 0. The second-order valence-electron chi connectivity index (χ2n) is 2.76. The van der Waals surface area contributed by atoms with E-state index in [0.29, 0.717) is 0 Å². The molecule has 0 unspecified atom stereocenters. The van der Waals surface area contributed by atoms with Crippen LogP contribution in [0.1, 0.15) is 5.69 Å². The Kier molecular flexibility index (Phi) is 2.00. The summed E-state index contributed by atoms with van der Waals surface area (Å²) in [5, 5.41) is 0. The molecule has 0 aliphatic carbocycles. The van der Waals surface area contributed by atoms with Crippen LogP contribution >= 0.6 is 0 Å². The molecule has 3 heteroatoms. The minimum Gasteiger partial charge on any atom is -0.265 e. The fourth-order valence-corrected chi connectivity index (χ4v) is 1.21. The molecule has 0 spiro atoms. The van der Waals surface area contributed by atoms with Crippen LogP contribution in [0.3, 0.4) is 0 Å². The molecule has 0 N–H and O–H groups in total. The molecule has 0 radical (unpaired) electrons. The van der Waals surface area contributed by atoms with E-state index < -0.39 is 0 Å². The first kappa shape index (κ1) is 7.86. The Bertz CT molecular complexity index is 398. The molecule has 2 aromatic rings. The fraction of sp³-hybridized carbons (Fsp3) is 0.100. The molecule has 0 saturated heterocycles. The molecule has 0 aromatic carbocycles. The largest absolute Gasteiger partial charge is 0.265 e. The molecular weight excluding hydrogens is 162 g/mol. The number of hydrogen-bond acceptors (Lipinski definition) is 3. The van der Waals surface area contributed by atoms with Crippen LogP contribution in [0, 0.1) is 6.92 Å².